The molecule has 1 aromatic carbocycles. The predicted molar refractivity (Wildman–Crippen MR) is 85.7 cm³/mol. The third-order valence-corrected chi connectivity index (χ3v) is 3.36. The van der Waals surface area contributed by atoms with Gasteiger partial charge in [0, 0.05) is 37.6 Å². The van der Waals surface area contributed by atoms with E-state index in [0.29, 0.717) is 18.1 Å². The van der Waals surface area contributed by atoms with Crippen LogP contribution in [0.5, 0.6) is 0 Å². The molecule has 1 aromatic heterocycles. The molecule has 0 radical (unpaired) electrons. The van der Waals surface area contributed by atoms with E-state index in [1.807, 2.05) is 30.3 Å². The van der Waals surface area contributed by atoms with Crippen molar-refractivity contribution in [1.29, 1.82) is 0 Å². The van der Waals surface area contributed by atoms with E-state index in [0.717, 1.165) is 11.1 Å². The van der Waals surface area contributed by atoms with Crippen LogP contribution >= 0.6 is 11.6 Å². The van der Waals surface area contributed by atoms with Crippen molar-refractivity contribution in [3.8, 4) is 0 Å². The number of amides is 2. The van der Waals surface area contributed by atoms with Gasteiger partial charge in [0.05, 0.1) is 6.10 Å². The number of halogens is 1. The van der Waals surface area contributed by atoms with Gasteiger partial charge >= 0.3 is 6.03 Å². The molecule has 6 heteroatoms. The Balaban J connectivity index is 1.81. The van der Waals surface area contributed by atoms with E-state index < -0.39 is 0 Å². The fourth-order valence-corrected chi connectivity index (χ4v) is 2.18. The van der Waals surface area contributed by atoms with Crippen molar-refractivity contribution in [2.75, 3.05) is 13.7 Å². The number of rotatable bonds is 6. The minimum Gasteiger partial charge on any atom is -0.375 e. The summed E-state index contributed by atoms with van der Waals surface area (Å²) in [6.07, 6.45) is 3.16. The number of ether oxygens (including phenoxy) is 1. The summed E-state index contributed by atoms with van der Waals surface area (Å²) in [7, 11) is 1.60. The number of methoxy groups -OCH3 is 1. The van der Waals surface area contributed by atoms with Crippen molar-refractivity contribution in [1.82, 2.24) is 15.6 Å². The zero-order valence-corrected chi connectivity index (χ0v) is 13.0. The highest BCUT2D eigenvalue weighted by atomic mass is 35.5. The van der Waals surface area contributed by atoms with Crippen molar-refractivity contribution < 1.29 is 9.53 Å². The zero-order valence-electron chi connectivity index (χ0n) is 12.3. The number of hydrogen-bond donors (Lipinski definition) is 2. The van der Waals surface area contributed by atoms with Gasteiger partial charge in [0.15, 0.2) is 0 Å². The van der Waals surface area contributed by atoms with Gasteiger partial charge in [-0.1, -0.05) is 29.8 Å². The lowest BCUT2D eigenvalue weighted by Gasteiger charge is -2.17. The molecule has 0 aliphatic rings. The van der Waals surface area contributed by atoms with Gasteiger partial charge < -0.3 is 15.4 Å². The average molecular weight is 320 g/mol. The second-order valence-electron chi connectivity index (χ2n) is 4.70. The van der Waals surface area contributed by atoms with Gasteiger partial charge in [0.1, 0.15) is 0 Å². The fourth-order valence-electron chi connectivity index (χ4n) is 1.98. The van der Waals surface area contributed by atoms with Gasteiger partial charge in [-0.25, -0.2) is 4.79 Å². The number of urea groups is 1. The van der Waals surface area contributed by atoms with Gasteiger partial charge in [-0.05, 0) is 29.3 Å². The Bertz CT molecular complexity index is 607. The zero-order chi connectivity index (χ0) is 15.8. The third kappa shape index (κ3) is 5.02. The van der Waals surface area contributed by atoms with Crippen LogP contribution in [0.1, 0.15) is 17.2 Å². The first-order chi connectivity index (χ1) is 10.7. The van der Waals surface area contributed by atoms with Gasteiger partial charge in [0.2, 0.25) is 0 Å². The summed E-state index contributed by atoms with van der Waals surface area (Å²) in [6.45, 7) is 0.782. The number of nitrogens with one attached hydrogen (secondary N) is 2. The summed E-state index contributed by atoms with van der Waals surface area (Å²) in [5.41, 5.74) is 1.86. The van der Waals surface area contributed by atoms with Gasteiger partial charge in [-0.15, -0.1) is 0 Å². The molecule has 0 aliphatic heterocycles. The molecule has 1 unspecified atom stereocenters. The average Bonchev–Trinajstić information content (AvgIpc) is 2.54. The monoisotopic (exact) mass is 319 g/mol. The van der Waals surface area contributed by atoms with Crippen LogP contribution in [0.2, 0.25) is 5.02 Å². The minimum atomic E-state index is -0.257. The normalized spacial score (nSPS) is 11.7. The molecule has 5 nitrogen and oxygen atoms in total. The van der Waals surface area contributed by atoms with E-state index >= 15 is 0 Å². The van der Waals surface area contributed by atoms with Crippen molar-refractivity contribution in [3.63, 3.8) is 0 Å². The number of carbonyl (C=O) groups excluding carboxylic acids is 1. The van der Waals surface area contributed by atoms with E-state index in [2.05, 4.69) is 15.6 Å². The van der Waals surface area contributed by atoms with Crippen molar-refractivity contribution in [2.24, 2.45) is 0 Å². The third-order valence-electron chi connectivity index (χ3n) is 3.13. The molecule has 2 rings (SSSR count). The highest BCUT2D eigenvalue weighted by Gasteiger charge is 2.12. The molecule has 0 bridgehead atoms. The first-order valence-corrected chi connectivity index (χ1v) is 7.25. The van der Waals surface area contributed by atoms with E-state index in [9.17, 15) is 4.79 Å². The SMILES string of the molecule is COC(CNC(=O)NCc1cccnc1)c1cccc(Cl)c1. The first-order valence-electron chi connectivity index (χ1n) is 6.88. The standard InChI is InChI=1S/C16H18ClN3O2/c1-22-15(13-5-2-6-14(17)8-13)11-20-16(21)19-10-12-4-3-7-18-9-12/h2-9,15H,10-11H2,1H3,(H2,19,20,21). The molecule has 1 heterocycles. The maximum absolute atomic E-state index is 11.8. The maximum Gasteiger partial charge on any atom is 0.315 e. The van der Waals surface area contributed by atoms with Crippen LogP contribution < -0.4 is 10.6 Å². The highest BCUT2D eigenvalue weighted by molar-refractivity contribution is 6.30. The summed E-state index contributed by atoms with van der Waals surface area (Å²) in [6, 6.07) is 10.9. The van der Waals surface area contributed by atoms with Crippen LogP contribution in [0.25, 0.3) is 0 Å². The first kappa shape index (κ1) is 16.3. The van der Waals surface area contributed by atoms with Gasteiger partial charge in [0.25, 0.3) is 0 Å². The molecule has 116 valence electrons. The molecule has 0 aliphatic carbocycles. The van der Waals surface area contributed by atoms with Crippen LogP contribution in [0.3, 0.4) is 0 Å². The number of nitrogens with zero attached hydrogens (tertiary/aromatic N) is 1. The summed E-state index contributed by atoms with van der Waals surface area (Å²) < 4.78 is 5.39. The molecule has 0 fully saturated rings. The Hall–Kier alpha value is -2.11. The summed E-state index contributed by atoms with van der Waals surface area (Å²) in [5, 5.41) is 6.19. The van der Waals surface area contributed by atoms with E-state index in [-0.39, 0.29) is 12.1 Å². The number of aromatic nitrogens is 1. The smallest absolute Gasteiger partial charge is 0.315 e. The molecular formula is C16H18ClN3O2. The second-order valence-corrected chi connectivity index (χ2v) is 5.14. The Morgan fingerprint density at radius 3 is 2.86 bits per heavy atom. The summed E-state index contributed by atoms with van der Waals surface area (Å²) >= 11 is 5.96. The van der Waals surface area contributed by atoms with Crippen LogP contribution in [0, 0.1) is 0 Å². The molecule has 0 spiro atoms. The van der Waals surface area contributed by atoms with Crippen molar-refractivity contribution >= 4 is 17.6 Å². The molecule has 0 saturated carbocycles. The Morgan fingerprint density at radius 1 is 1.32 bits per heavy atom. The van der Waals surface area contributed by atoms with Crippen LogP contribution in [0.4, 0.5) is 4.79 Å². The number of hydrogen-bond acceptors (Lipinski definition) is 3. The molecule has 22 heavy (non-hydrogen) atoms. The fraction of sp³-hybridized carbons (Fsp3) is 0.250. The summed E-state index contributed by atoms with van der Waals surface area (Å²) in [5.74, 6) is 0. The lowest BCUT2D eigenvalue weighted by Crippen LogP contribution is -2.37. The van der Waals surface area contributed by atoms with E-state index in [1.165, 1.54) is 0 Å². The topological polar surface area (TPSA) is 63.2 Å². The number of carbonyl (C=O) groups is 1. The lowest BCUT2D eigenvalue weighted by atomic mass is 10.1. The van der Waals surface area contributed by atoms with Crippen molar-refractivity contribution in [2.45, 2.75) is 12.6 Å². The van der Waals surface area contributed by atoms with E-state index in [4.69, 9.17) is 16.3 Å². The number of pyridine rings is 1. The minimum absolute atomic E-state index is 0.247. The predicted octanol–water partition coefficient (Wildman–Crippen LogP) is 2.92. The van der Waals surface area contributed by atoms with Gasteiger partial charge in [-0.3, -0.25) is 4.98 Å². The van der Waals surface area contributed by atoms with Crippen molar-refractivity contribution in [3.05, 3.63) is 64.9 Å². The molecule has 0 saturated heterocycles. The quantitative estimate of drug-likeness (QED) is 0.860. The lowest BCUT2D eigenvalue weighted by molar-refractivity contribution is 0.104. The van der Waals surface area contributed by atoms with Crippen LogP contribution in [0.15, 0.2) is 48.8 Å². The van der Waals surface area contributed by atoms with Crippen LogP contribution in [-0.4, -0.2) is 24.7 Å². The van der Waals surface area contributed by atoms with E-state index in [1.54, 1.807) is 25.6 Å². The molecule has 2 N–H and O–H groups in total. The molecule has 2 amide bonds. The number of benzene rings is 1. The van der Waals surface area contributed by atoms with Gasteiger partial charge in [-0.2, -0.15) is 0 Å². The largest absolute Gasteiger partial charge is 0.375 e. The van der Waals surface area contributed by atoms with Crippen LogP contribution in [-0.2, 0) is 11.3 Å². The Kier molecular flexibility index (Phi) is 6.18. The Labute approximate surface area is 134 Å². The molecule has 2 aromatic rings. The second kappa shape index (κ2) is 8.36. The highest BCUT2D eigenvalue weighted by Crippen LogP contribution is 2.19. The summed E-state index contributed by atoms with van der Waals surface area (Å²) in [4.78, 5) is 15.8. The maximum atomic E-state index is 11.8. The molecule has 1 atom stereocenters. The Morgan fingerprint density at radius 2 is 2.18 bits per heavy atom. The molecular weight excluding hydrogens is 302 g/mol.